The number of hydrogen-bond donors (Lipinski definition) is 0. The molecule has 0 radical (unpaired) electrons. The van der Waals surface area contributed by atoms with Crippen molar-refractivity contribution in [3.8, 4) is 0 Å². The summed E-state index contributed by atoms with van der Waals surface area (Å²) in [7, 11) is 0.170. The predicted octanol–water partition coefficient (Wildman–Crippen LogP) is 2.02. The molecule has 0 aliphatic carbocycles. The summed E-state index contributed by atoms with van der Waals surface area (Å²) in [6.45, 7) is 0.209. The quantitative estimate of drug-likeness (QED) is 0.689. The minimum Gasteiger partial charge on any atom is -0.317 e. The lowest BCUT2D eigenvalue weighted by Crippen LogP contribution is -2.50. The van der Waals surface area contributed by atoms with Crippen LogP contribution in [0.25, 0.3) is 0 Å². The summed E-state index contributed by atoms with van der Waals surface area (Å²) in [4.78, 5) is 10.1. The second-order valence-corrected chi connectivity index (χ2v) is 2.41. The van der Waals surface area contributed by atoms with Crippen LogP contribution in [0.1, 0.15) is 6.92 Å². The monoisotopic (exact) mass is 240 g/mol. The molecule has 0 saturated heterocycles. The van der Waals surface area contributed by atoms with Crippen LogP contribution in [0.3, 0.4) is 0 Å². The van der Waals surface area contributed by atoms with Crippen molar-refractivity contribution in [1.29, 1.82) is 0 Å². The van der Waals surface area contributed by atoms with Gasteiger partial charge in [0.1, 0.15) is 0 Å². The summed E-state index contributed by atoms with van der Waals surface area (Å²) in [5, 5.41) is 0. The minimum absolute atomic E-state index is 0.170. The molecule has 3 nitrogen and oxygen atoms in total. The molecule has 9 heteroatoms. The van der Waals surface area contributed by atoms with Crippen LogP contribution in [0, 0.1) is 0 Å². The van der Waals surface area contributed by atoms with E-state index in [4.69, 9.17) is 0 Å². The van der Waals surface area contributed by atoms with E-state index >= 15 is 0 Å². The Hall–Kier alpha value is -0.830. The van der Waals surface area contributed by atoms with Crippen LogP contribution < -0.4 is 0 Å². The topological polar surface area (TPSA) is 35.5 Å². The van der Waals surface area contributed by atoms with E-state index in [-0.39, 0.29) is 14.0 Å². The van der Waals surface area contributed by atoms with E-state index < -0.39 is 24.1 Å². The van der Waals surface area contributed by atoms with Gasteiger partial charge in [-0.1, -0.05) is 0 Å². The average molecular weight is 240 g/mol. The standard InChI is InChI=1S/C6H6F6O3/c1-3(13)4(7,8)15-6(11,12)5(9,10)14-2/h1-2H3. The van der Waals surface area contributed by atoms with E-state index in [1.54, 1.807) is 0 Å². The van der Waals surface area contributed by atoms with Crippen molar-refractivity contribution in [1.82, 2.24) is 0 Å². The molecule has 90 valence electrons. The van der Waals surface area contributed by atoms with Gasteiger partial charge in [-0.3, -0.25) is 4.79 Å². The zero-order chi connectivity index (χ0) is 12.5. The van der Waals surface area contributed by atoms with Gasteiger partial charge >= 0.3 is 18.3 Å². The van der Waals surface area contributed by atoms with Crippen molar-refractivity contribution in [2.45, 2.75) is 25.2 Å². The molecule has 0 bridgehead atoms. The highest BCUT2D eigenvalue weighted by Crippen LogP contribution is 2.39. The van der Waals surface area contributed by atoms with Crippen LogP contribution in [0.5, 0.6) is 0 Å². The Morgan fingerprint density at radius 1 is 1.00 bits per heavy atom. The summed E-state index contributed by atoms with van der Waals surface area (Å²) in [6, 6.07) is 0. The Labute approximate surface area is 79.9 Å². The molecular weight excluding hydrogens is 234 g/mol. The van der Waals surface area contributed by atoms with E-state index in [0.717, 1.165) is 0 Å². The number of Topliss-reactive ketones (excluding diaryl/α,β-unsaturated/α-hetero) is 1. The molecule has 0 fully saturated rings. The maximum Gasteiger partial charge on any atom is 0.453 e. The van der Waals surface area contributed by atoms with Gasteiger partial charge in [0, 0.05) is 14.0 Å². The Morgan fingerprint density at radius 2 is 1.40 bits per heavy atom. The fourth-order valence-corrected chi connectivity index (χ4v) is 0.411. The molecule has 0 saturated carbocycles. The molecular formula is C6H6F6O3. The number of halogens is 6. The van der Waals surface area contributed by atoms with Crippen molar-refractivity contribution in [2.24, 2.45) is 0 Å². The molecule has 0 aliphatic rings. The molecule has 0 aromatic rings. The zero-order valence-corrected chi connectivity index (χ0v) is 7.49. The number of rotatable bonds is 5. The third-order valence-corrected chi connectivity index (χ3v) is 1.26. The molecule has 0 unspecified atom stereocenters. The molecule has 0 rings (SSSR count). The van der Waals surface area contributed by atoms with Gasteiger partial charge in [-0.15, -0.1) is 0 Å². The highest BCUT2D eigenvalue weighted by molar-refractivity contribution is 5.81. The van der Waals surface area contributed by atoms with Crippen LogP contribution in [0.2, 0.25) is 0 Å². The van der Waals surface area contributed by atoms with Gasteiger partial charge in [-0.25, -0.2) is 4.74 Å². The van der Waals surface area contributed by atoms with Crippen molar-refractivity contribution >= 4 is 5.78 Å². The zero-order valence-electron chi connectivity index (χ0n) is 7.49. The first-order chi connectivity index (χ1) is 6.46. The lowest BCUT2D eigenvalue weighted by Gasteiger charge is -2.26. The first-order valence-electron chi connectivity index (χ1n) is 3.36. The van der Waals surface area contributed by atoms with E-state index in [2.05, 4.69) is 9.47 Å². The van der Waals surface area contributed by atoms with Gasteiger partial charge in [-0.2, -0.15) is 26.3 Å². The highest BCUT2D eigenvalue weighted by atomic mass is 19.3. The summed E-state index contributed by atoms with van der Waals surface area (Å²) in [6.07, 6.45) is -15.9. The fourth-order valence-electron chi connectivity index (χ4n) is 0.411. The Bertz CT molecular complexity index is 251. The maximum absolute atomic E-state index is 12.3. The van der Waals surface area contributed by atoms with Crippen molar-refractivity contribution in [3.05, 3.63) is 0 Å². The molecule has 15 heavy (non-hydrogen) atoms. The number of methoxy groups -OCH3 is 1. The summed E-state index contributed by atoms with van der Waals surface area (Å²) < 4.78 is 79.0. The van der Waals surface area contributed by atoms with Crippen molar-refractivity contribution < 1.29 is 40.6 Å². The lowest BCUT2D eigenvalue weighted by molar-refractivity contribution is -0.467. The Balaban J connectivity index is 4.86. The summed E-state index contributed by atoms with van der Waals surface area (Å²) in [5.41, 5.74) is 0. The molecule has 0 N–H and O–H groups in total. The normalized spacial score (nSPS) is 14.1. The second-order valence-electron chi connectivity index (χ2n) is 2.41. The SMILES string of the molecule is COC(F)(F)C(F)(F)OC(F)(F)C(C)=O. The smallest absolute Gasteiger partial charge is 0.317 e. The van der Waals surface area contributed by atoms with Gasteiger partial charge < -0.3 is 4.74 Å². The van der Waals surface area contributed by atoms with Gasteiger partial charge in [0.05, 0.1) is 0 Å². The average Bonchev–Trinajstić information content (AvgIpc) is 2.01. The Morgan fingerprint density at radius 3 is 1.67 bits per heavy atom. The second kappa shape index (κ2) is 3.97. The number of carbonyl (C=O) groups excluding carboxylic acids is 1. The van der Waals surface area contributed by atoms with Crippen LogP contribution in [-0.4, -0.2) is 31.2 Å². The number of ketones is 1. The largest absolute Gasteiger partial charge is 0.453 e. The molecule has 0 aliphatic heterocycles. The minimum atomic E-state index is -5.61. The molecule has 0 amide bonds. The molecule has 0 aromatic heterocycles. The fraction of sp³-hybridized carbons (Fsp3) is 0.833. The number of carbonyl (C=O) groups is 1. The van der Waals surface area contributed by atoms with Gasteiger partial charge in [-0.05, 0) is 0 Å². The number of alkyl halides is 6. The molecule has 0 aromatic carbocycles. The van der Waals surface area contributed by atoms with E-state index in [1.165, 1.54) is 0 Å². The van der Waals surface area contributed by atoms with E-state index in [0.29, 0.717) is 0 Å². The van der Waals surface area contributed by atoms with Crippen molar-refractivity contribution in [2.75, 3.05) is 7.11 Å². The van der Waals surface area contributed by atoms with Crippen LogP contribution in [0.4, 0.5) is 26.3 Å². The maximum atomic E-state index is 12.3. The van der Waals surface area contributed by atoms with E-state index in [1.807, 2.05) is 0 Å². The first-order valence-corrected chi connectivity index (χ1v) is 3.36. The van der Waals surface area contributed by atoms with E-state index in [9.17, 15) is 31.1 Å². The highest BCUT2D eigenvalue weighted by Gasteiger charge is 2.64. The number of hydrogen-bond acceptors (Lipinski definition) is 3. The van der Waals surface area contributed by atoms with Crippen LogP contribution in [0.15, 0.2) is 0 Å². The van der Waals surface area contributed by atoms with Gasteiger partial charge in [0.2, 0.25) is 5.78 Å². The van der Waals surface area contributed by atoms with Crippen LogP contribution in [-0.2, 0) is 14.3 Å². The third-order valence-electron chi connectivity index (χ3n) is 1.26. The third kappa shape index (κ3) is 3.06. The predicted molar refractivity (Wildman–Crippen MR) is 33.6 cm³/mol. The van der Waals surface area contributed by atoms with Crippen LogP contribution >= 0.6 is 0 Å². The Kier molecular flexibility index (Phi) is 3.75. The number of ether oxygens (including phenoxy) is 2. The van der Waals surface area contributed by atoms with Gasteiger partial charge in [0.15, 0.2) is 0 Å². The van der Waals surface area contributed by atoms with Crippen molar-refractivity contribution in [3.63, 3.8) is 0 Å². The first kappa shape index (κ1) is 14.2. The molecule has 0 heterocycles. The lowest BCUT2D eigenvalue weighted by atomic mass is 10.4. The summed E-state index contributed by atoms with van der Waals surface area (Å²) in [5.74, 6) is -2.13. The molecule has 0 atom stereocenters. The van der Waals surface area contributed by atoms with Gasteiger partial charge in [0.25, 0.3) is 0 Å². The molecule has 0 spiro atoms. The summed E-state index contributed by atoms with van der Waals surface area (Å²) >= 11 is 0.